The number of carbonyl (C=O) groups is 1. The molecule has 0 saturated carbocycles. The molecule has 1 amide bonds. The second-order valence-corrected chi connectivity index (χ2v) is 7.47. The lowest BCUT2D eigenvalue weighted by atomic mass is 9.99. The highest BCUT2D eigenvalue weighted by molar-refractivity contribution is 5.95. The Hall–Kier alpha value is -2.89. The molecule has 2 unspecified atom stereocenters. The van der Waals surface area contributed by atoms with Crippen molar-refractivity contribution < 1.29 is 9.53 Å². The van der Waals surface area contributed by atoms with E-state index in [2.05, 4.69) is 14.9 Å². The zero-order valence-corrected chi connectivity index (χ0v) is 15.3. The summed E-state index contributed by atoms with van der Waals surface area (Å²) in [6.07, 6.45) is 9.37. The van der Waals surface area contributed by atoms with E-state index in [1.807, 2.05) is 47.9 Å². The highest BCUT2D eigenvalue weighted by Crippen LogP contribution is 2.38. The number of rotatable bonds is 3. The first kappa shape index (κ1) is 16.3. The molecule has 3 aromatic heterocycles. The lowest BCUT2D eigenvalue weighted by molar-refractivity contribution is 0.0351. The normalized spacial score (nSPS) is 24.3. The number of carbonyl (C=O) groups excluding carboxylic acids is 1. The predicted octanol–water partition coefficient (Wildman–Crippen LogP) is 3.25. The van der Waals surface area contributed by atoms with Crippen molar-refractivity contribution in [2.45, 2.75) is 50.8 Å². The first-order valence-corrected chi connectivity index (χ1v) is 9.54. The Balaban J connectivity index is 1.39. The number of imidazole rings is 1. The first-order chi connectivity index (χ1) is 13.2. The zero-order chi connectivity index (χ0) is 18.4. The number of amides is 1. The minimum atomic E-state index is 0.0959. The van der Waals surface area contributed by atoms with Crippen LogP contribution in [0.1, 0.15) is 41.9 Å². The summed E-state index contributed by atoms with van der Waals surface area (Å²) >= 11 is 0. The van der Waals surface area contributed by atoms with Crippen molar-refractivity contribution in [1.82, 2.24) is 19.3 Å². The Morgan fingerprint density at radius 1 is 1.15 bits per heavy atom. The van der Waals surface area contributed by atoms with Crippen molar-refractivity contribution in [3.05, 3.63) is 60.3 Å². The van der Waals surface area contributed by atoms with E-state index in [1.165, 1.54) is 0 Å². The summed E-state index contributed by atoms with van der Waals surface area (Å²) < 4.78 is 8.04. The predicted molar refractivity (Wildman–Crippen MR) is 101 cm³/mol. The molecule has 5 heterocycles. The molecular formula is C21H22N4O2. The van der Waals surface area contributed by atoms with E-state index in [9.17, 15) is 4.79 Å². The van der Waals surface area contributed by atoms with Crippen LogP contribution < -0.4 is 4.74 Å². The van der Waals surface area contributed by atoms with Gasteiger partial charge in [0.2, 0.25) is 0 Å². The van der Waals surface area contributed by atoms with Crippen molar-refractivity contribution in [1.29, 1.82) is 0 Å². The highest BCUT2D eigenvalue weighted by atomic mass is 16.5. The molecule has 0 radical (unpaired) electrons. The van der Waals surface area contributed by atoms with Gasteiger partial charge in [0.1, 0.15) is 23.2 Å². The average molecular weight is 362 g/mol. The standard InChI is InChI=1S/C21H22N4O2/c1-14-20(24-10-3-2-6-19(24)23-14)21(26)25-15-7-8-16(25)12-18(11-15)27-17-5-4-9-22-13-17/h2-6,9-10,13,15-16,18H,7-8,11-12H2,1H3. The van der Waals surface area contributed by atoms with Gasteiger partial charge in [-0.1, -0.05) is 6.07 Å². The maximum atomic E-state index is 13.4. The molecule has 0 aliphatic carbocycles. The number of hydrogen-bond donors (Lipinski definition) is 0. The third-order valence-electron chi connectivity index (χ3n) is 5.77. The lowest BCUT2D eigenvalue weighted by Gasteiger charge is -2.38. The molecule has 2 aliphatic heterocycles. The number of ether oxygens (including phenoxy) is 1. The summed E-state index contributed by atoms with van der Waals surface area (Å²) in [4.78, 5) is 24.2. The van der Waals surface area contributed by atoms with Crippen molar-refractivity contribution >= 4 is 11.6 Å². The number of aromatic nitrogens is 3. The van der Waals surface area contributed by atoms with E-state index in [0.29, 0.717) is 5.69 Å². The first-order valence-electron chi connectivity index (χ1n) is 9.54. The van der Waals surface area contributed by atoms with Gasteiger partial charge in [0.25, 0.3) is 5.91 Å². The van der Waals surface area contributed by atoms with Gasteiger partial charge in [-0.15, -0.1) is 0 Å². The van der Waals surface area contributed by atoms with Crippen molar-refractivity contribution in [3.63, 3.8) is 0 Å². The van der Waals surface area contributed by atoms with Gasteiger partial charge in [0.05, 0.1) is 11.9 Å². The molecular weight excluding hydrogens is 340 g/mol. The summed E-state index contributed by atoms with van der Waals surface area (Å²) in [6, 6.07) is 10.1. The molecule has 5 rings (SSSR count). The summed E-state index contributed by atoms with van der Waals surface area (Å²) in [5.41, 5.74) is 2.30. The van der Waals surface area contributed by atoms with Crippen LogP contribution in [0.2, 0.25) is 0 Å². The molecule has 2 bridgehead atoms. The van der Waals surface area contributed by atoms with Crippen LogP contribution in [0.4, 0.5) is 0 Å². The fourth-order valence-corrected chi connectivity index (χ4v) is 4.66. The van der Waals surface area contributed by atoms with Gasteiger partial charge >= 0.3 is 0 Å². The van der Waals surface area contributed by atoms with E-state index in [0.717, 1.165) is 42.8 Å². The third kappa shape index (κ3) is 2.76. The summed E-state index contributed by atoms with van der Waals surface area (Å²) in [7, 11) is 0. The van der Waals surface area contributed by atoms with Crippen LogP contribution >= 0.6 is 0 Å². The molecule has 6 heteroatoms. The zero-order valence-electron chi connectivity index (χ0n) is 15.3. The van der Waals surface area contributed by atoms with E-state index >= 15 is 0 Å². The quantitative estimate of drug-likeness (QED) is 0.718. The SMILES string of the molecule is Cc1nc2ccccn2c1C(=O)N1C2CCC1CC(Oc1cccnc1)C2. The average Bonchev–Trinajstić information content (AvgIpc) is 3.15. The van der Waals surface area contributed by atoms with Gasteiger partial charge in [0, 0.05) is 37.3 Å². The van der Waals surface area contributed by atoms with E-state index in [4.69, 9.17) is 4.74 Å². The van der Waals surface area contributed by atoms with Gasteiger partial charge in [-0.05, 0) is 44.0 Å². The van der Waals surface area contributed by atoms with Crippen LogP contribution in [-0.2, 0) is 0 Å². The number of fused-ring (bicyclic) bond motifs is 3. The summed E-state index contributed by atoms with van der Waals surface area (Å²) in [6.45, 7) is 1.92. The fourth-order valence-electron chi connectivity index (χ4n) is 4.66. The minimum absolute atomic E-state index is 0.0959. The Bertz CT molecular complexity index is 970. The van der Waals surface area contributed by atoms with Crippen LogP contribution in [-0.4, -0.2) is 43.4 Å². The smallest absolute Gasteiger partial charge is 0.273 e. The lowest BCUT2D eigenvalue weighted by Crippen LogP contribution is -2.49. The number of hydrogen-bond acceptors (Lipinski definition) is 4. The maximum Gasteiger partial charge on any atom is 0.273 e. The molecule has 27 heavy (non-hydrogen) atoms. The molecule has 6 nitrogen and oxygen atoms in total. The van der Waals surface area contributed by atoms with Gasteiger partial charge in [-0.2, -0.15) is 0 Å². The highest BCUT2D eigenvalue weighted by Gasteiger charge is 2.45. The van der Waals surface area contributed by atoms with E-state index < -0.39 is 0 Å². The molecule has 2 fully saturated rings. The molecule has 2 atom stereocenters. The van der Waals surface area contributed by atoms with Gasteiger partial charge in [-0.3, -0.25) is 14.2 Å². The van der Waals surface area contributed by atoms with Crippen LogP contribution in [0.25, 0.3) is 5.65 Å². The molecule has 3 aromatic rings. The largest absolute Gasteiger partial charge is 0.489 e. The second kappa shape index (κ2) is 6.37. The Morgan fingerprint density at radius 3 is 2.70 bits per heavy atom. The molecule has 2 saturated heterocycles. The van der Waals surface area contributed by atoms with Gasteiger partial charge < -0.3 is 9.64 Å². The minimum Gasteiger partial charge on any atom is -0.489 e. The Labute approximate surface area is 157 Å². The Kier molecular flexibility index (Phi) is 3.85. The molecule has 0 spiro atoms. The Morgan fingerprint density at radius 2 is 1.96 bits per heavy atom. The second-order valence-electron chi connectivity index (χ2n) is 7.47. The maximum absolute atomic E-state index is 13.4. The number of aryl methyl sites for hydroxylation is 1. The van der Waals surface area contributed by atoms with E-state index in [-0.39, 0.29) is 24.1 Å². The van der Waals surface area contributed by atoms with Crippen molar-refractivity contribution in [2.75, 3.05) is 0 Å². The van der Waals surface area contributed by atoms with Crippen LogP contribution in [0.3, 0.4) is 0 Å². The molecule has 0 N–H and O–H groups in total. The van der Waals surface area contributed by atoms with Crippen LogP contribution in [0, 0.1) is 6.92 Å². The van der Waals surface area contributed by atoms with Gasteiger partial charge in [0.15, 0.2) is 0 Å². The number of nitrogens with zero attached hydrogens (tertiary/aromatic N) is 4. The van der Waals surface area contributed by atoms with Crippen LogP contribution in [0.5, 0.6) is 5.75 Å². The number of piperidine rings is 1. The van der Waals surface area contributed by atoms with Crippen LogP contribution in [0.15, 0.2) is 48.9 Å². The monoisotopic (exact) mass is 362 g/mol. The third-order valence-corrected chi connectivity index (χ3v) is 5.77. The fraction of sp³-hybridized carbons (Fsp3) is 0.381. The molecule has 2 aliphatic rings. The number of pyridine rings is 2. The summed E-state index contributed by atoms with van der Waals surface area (Å²) in [5.74, 6) is 0.901. The van der Waals surface area contributed by atoms with Crippen molar-refractivity contribution in [3.8, 4) is 5.75 Å². The topological polar surface area (TPSA) is 59.7 Å². The molecule has 138 valence electrons. The molecule has 0 aromatic carbocycles. The summed E-state index contributed by atoms with van der Waals surface area (Å²) in [5, 5.41) is 0. The van der Waals surface area contributed by atoms with E-state index in [1.54, 1.807) is 12.4 Å². The van der Waals surface area contributed by atoms with Crippen molar-refractivity contribution in [2.24, 2.45) is 0 Å². The van der Waals surface area contributed by atoms with Gasteiger partial charge in [-0.25, -0.2) is 4.98 Å².